The molecular weight excluding hydrogens is 242 g/mol. The zero-order valence-electron chi connectivity index (χ0n) is 10.2. The fourth-order valence-corrected chi connectivity index (χ4v) is 3.07. The lowest BCUT2D eigenvalue weighted by atomic mass is 10.0. The van der Waals surface area contributed by atoms with E-state index in [0.717, 1.165) is 18.7 Å². The topological polar surface area (TPSA) is 40.7 Å². The van der Waals surface area contributed by atoms with Gasteiger partial charge in [0.1, 0.15) is 0 Å². The second kappa shape index (κ2) is 5.50. The number of nitrogens with one attached hydrogen (secondary N) is 2. The zero-order chi connectivity index (χ0) is 12.2. The van der Waals surface area contributed by atoms with Crippen molar-refractivity contribution >= 4 is 11.3 Å². The Hall–Kier alpha value is -1.39. The Morgan fingerprint density at radius 2 is 2.44 bits per heavy atom. The number of aromatic nitrogens is 2. The lowest BCUT2D eigenvalue weighted by Gasteiger charge is -2.19. The molecule has 0 aliphatic heterocycles. The lowest BCUT2D eigenvalue weighted by Crippen LogP contribution is -2.29. The number of H-pyrrole nitrogens is 1. The highest BCUT2D eigenvalue weighted by molar-refractivity contribution is 7.13. The van der Waals surface area contributed by atoms with Crippen molar-refractivity contribution < 1.29 is 0 Å². The van der Waals surface area contributed by atoms with Gasteiger partial charge in [-0.1, -0.05) is 18.2 Å². The summed E-state index contributed by atoms with van der Waals surface area (Å²) < 4.78 is 0. The number of thiophene rings is 1. The molecule has 1 aliphatic carbocycles. The van der Waals surface area contributed by atoms with Crippen molar-refractivity contribution in [3.8, 4) is 10.6 Å². The van der Waals surface area contributed by atoms with Crippen LogP contribution in [-0.4, -0.2) is 16.2 Å². The smallest absolute Gasteiger partial charge is 0.0794 e. The van der Waals surface area contributed by atoms with E-state index < -0.39 is 0 Å². The average Bonchev–Trinajstić information content (AvgIpc) is 3.08. The van der Waals surface area contributed by atoms with Crippen LogP contribution in [0.3, 0.4) is 0 Å². The van der Waals surface area contributed by atoms with Crippen LogP contribution < -0.4 is 5.32 Å². The van der Waals surface area contributed by atoms with Crippen LogP contribution in [0.2, 0.25) is 0 Å². The van der Waals surface area contributed by atoms with Crippen molar-refractivity contribution in [1.29, 1.82) is 0 Å². The molecule has 0 radical (unpaired) electrons. The summed E-state index contributed by atoms with van der Waals surface area (Å²) in [5, 5.41) is 13.0. The number of nitrogens with zero attached hydrogens (tertiary/aromatic N) is 1. The third-order valence-corrected chi connectivity index (χ3v) is 4.22. The molecule has 0 bridgehead atoms. The Morgan fingerprint density at radius 1 is 1.44 bits per heavy atom. The minimum absolute atomic E-state index is 0.612. The van der Waals surface area contributed by atoms with Crippen LogP contribution in [0.25, 0.3) is 10.6 Å². The summed E-state index contributed by atoms with van der Waals surface area (Å²) in [4.78, 5) is 1.26. The molecule has 2 aromatic heterocycles. The second-order valence-electron chi connectivity index (χ2n) is 4.61. The van der Waals surface area contributed by atoms with Crippen LogP contribution >= 0.6 is 11.3 Å². The molecule has 94 valence electrons. The predicted molar refractivity (Wildman–Crippen MR) is 75.5 cm³/mol. The Morgan fingerprint density at radius 3 is 3.22 bits per heavy atom. The normalized spacial score (nSPS) is 19.2. The molecular formula is C14H17N3S. The van der Waals surface area contributed by atoms with Gasteiger partial charge in [-0.25, -0.2) is 0 Å². The van der Waals surface area contributed by atoms with Gasteiger partial charge in [0.05, 0.1) is 16.8 Å². The third-order valence-electron chi connectivity index (χ3n) is 3.34. The van der Waals surface area contributed by atoms with E-state index in [1.807, 2.05) is 6.20 Å². The van der Waals surface area contributed by atoms with E-state index in [9.17, 15) is 0 Å². The third kappa shape index (κ3) is 2.54. The van der Waals surface area contributed by atoms with Crippen LogP contribution in [0.4, 0.5) is 0 Å². The summed E-state index contributed by atoms with van der Waals surface area (Å²) in [6.45, 7) is 0.891. The Kier molecular flexibility index (Phi) is 3.57. The van der Waals surface area contributed by atoms with Crippen LogP contribution in [0.15, 0.2) is 35.9 Å². The molecule has 0 amide bonds. The van der Waals surface area contributed by atoms with Gasteiger partial charge < -0.3 is 5.32 Å². The molecule has 18 heavy (non-hydrogen) atoms. The zero-order valence-corrected chi connectivity index (χ0v) is 11.0. The molecule has 2 N–H and O–H groups in total. The first-order valence-corrected chi connectivity index (χ1v) is 7.26. The fraction of sp³-hybridized carbons (Fsp3) is 0.357. The SMILES string of the molecule is C1=CCC(NCc2cn[nH]c2-c2cccs2)CC1. The van der Waals surface area contributed by atoms with E-state index in [2.05, 4.69) is 45.2 Å². The first kappa shape index (κ1) is 11.7. The van der Waals surface area contributed by atoms with Crippen molar-refractivity contribution in [2.45, 2.75) is 31.8 Å². The van der Waals surface area contributed by atoms with Gasteiger partial charge in [-0.3, -0.25) is 5.10 Å². The molecule has 0 saturated carbocycles. The van der Waals surface area contributed by atoms with Crippen molar-refractivity contribution in [2.24, 2.45) is 0 Å². The van der Waals surface area contributed by atoms with E-state index in [4.69, 9.17) is 0 Å². The van der Waals surface area contributed by atoms with Gasteiger partial charge in [-0.2, -0.15) is 5.10 Å². The quantitative estimate of drug-likeness (QED) is 0.827. The van der Waals surface area contributed by atoms with E-state index >= 15 is 0 Å². The molecule has 1 unspecified atom stereocenters. The van der Waals surface area contributed by atoms with Gasteiger partial charge in [-0.15, -0.1) is 11.3 Å². The molecule has 0 fully saturated rings. The molecule has 0 aromatic carbocycles. The number of allylic oxidation sites excluding steroid dienone is 1. The van der Waals surface area contributed by atoms with Gasteiger partial charge in [0.2, 0.25) is 0 Å². The average molecular weight is 259 g/mol. The van der Waals surface area contributed by atoms with Gasteiger partial charge in [0.25, 0.3) is 0 Å². The monoisotopic (exact) mass is 259 g/mol. The van der Waals surface area contributed by atoms with Gasteiger partial charge in [0, 0.05) is 18.2 Å². The molecule has 2 aromatic rings. The molecule has 2 heterocycles. The maximum Gasteiger partial charge on any atom is 0.0794 e. The molecule has 0 saturated heterocycles. The molecule has 0 spiro atoms. The van der Waals surface area contributed by atoms with Crippen LogP contribution in [0, 0.1) is 0 Å². The summed E-state index contributed by atoms with van der Waals surface area (Å²) in [7, 11) is 0. The Labute approximate surface area is 111 Å². The molecule has 3 nitrogen and oxygen atoms in total. The summed E-state index contributed by atoms with van der Waals surface area (Å²) >= 11 is 1.75. The van der Waals surface area contributed by atoms with Crippen molar-refractivity contribution in [1.82, 2.24) is 15.5 Å². The highest BCUT2D eigenvalue weighted by Gasteiger charge is 2.12. The fourth-order valence-electron chi connectivity index (χ4n) is 2.31. The Balaban J connectivity index is 1.66. The first-order valence-electron chi connectivity index (χ1n) is 6.38. The van der Waals surface area contributed by atoms with Crippen LogP contribution in [0.5, 0.6) is 0 Å². The summed E-state index contributed by atoms with van der Waals surface area (Å²) in [5.74, 6) is 0. The second-order valence-corrected chi connectivity index (χ2v) is 5.56. The minimum Gasteiger partial charge on any atom is -0.309 e. The number of hydrogen-bond acceptors (Lipinski definition) is 3. The van der Waals surface area contributed by atoms with Gasteiger partial charge in [0.15, 0.2) is 0 Å². The molecule has 4 heteroatoms. The highest BCUT2D eigenvalue weighted by Crippen LogP contribution is 2.25. The summed E-state index contributed by atoms with van der Waals surface area (Å²) in [6.07, 6.45) is 10.1. The minimum atomic E-state index is 0.612. The standard InChI is InChI=1S/C14H17N3S/c1-2-5-12(6-3-1)15-9-11-10-16-17-14(11)13-7-4-8-18-13/h1-2,4,7-8,10,12,15H,3,5-6,9H2,(H,16,17). The number of rotatable bonds is 4. The maximum absolute atomic E-state index is 4.17. The van der Waals surface area contributed by atoms with Crippen molar-refractivity contribution in [3.63, 3.8) is 0 Å². The number of hydrogen-bond donors (Lipinski definition) is 2. The first-order chi connectivity index (χ1) is 8.93. The van der Waals surface area contributed by atoms with E-state index in [-0.39, 0.29) is 0 Å². The van der Waals surface area contributed by atoms with Gasteiger partial charge >= 0.3 is 0 Å². The highest BCUT2D eigenvalue weighted by atomic mass is 32.1. The summed E-state index contributed by atoms with van der Waals surface area (Å²) in [6, 6.07) is 4.82. The van der Waals surface area contributed by atoms with Crippen molar-refractivity contribution in [3.05, 3.63) is 41.4 Å². The molecule has 1 atom stereocenters. The Bertz CT molecular complexity index is 513. The molecule has 1 aliphatic rings. The number of aromatic amines is 1. The van der Waals surface area contributed by atoms with E-state index in [0.29, 0.717) is 6.04 Å². The molecule has 3 rings (SSSR count). The van der Waals surface area contributed by atoms with E-state index in [1.54, 1.807) is 11.3 Å². The van der Waals surface area contributed by atoms with Crippen molar-refractivity contribution in [2.75, 3.05) is 0 Å². The largest absolute Gasteiger partial charge is 0.309 e. The summed E-state index contributed by atoms with van der Waals surface area (Å²) in [5.41, 5.74) is 2.41. The van der Waals surface area contributed by atoms with Crippen LogP contribution in [0.1, 0.15) is 24.8 Å². The lowest BCUT2D eigenvalue weighted by molar-refractivity contribution is 0.475. The van der Waals surface area contributed by atoms with Crippen LogP contribution in [-0.2, 0) is 6.54 Å². The predicted octanol–water partition coefficient (Wildman–Crippen LogP) is 3.34. The maximum atomic E-state index is 4.17. The van der Waals surface area contributed by atoms with E-state index in [1.165, 1.54) is 23.3 Å². The van der Waals surface area contributed by atoms with Gasteiger partial charge in [-0.05, 0) is 30.7 Å².